The van der Waals surface area contributed by atoms with Crippen LogP contribution in [0.4, 0.5) is 4.39 Å². The summed E-state index contributed by atoms with van der Waals surface area (Å²) in [7, 11) is 0. The fourth-order valence-corrected chi connectivity index (χ4v) is 2.51. The van der Waals surface area contributed by atoms with Gasteiger partial charge in [-0.05, 0) is 49.4 Å². The number of aryl methyl sites for hydroxylation is 1. The third kappa shape index (κ3) is 1.93. The molecule has 1 unspecified atom stereocenters. The Morgan fingerprint density at radius 2 is 2.35 bits per heavy atom. The highest BCUT2D eigenvalue weighted by atomic mass is 19.1. The van der Waals surface area contributed by atoms with Crippen LogP contribution >= 0.6 is 0 Å². The molecule has 0 heterocycles. The van der Waals surface area contributed by atoms with Gasteiger partial charge in [0.05, 0.1) is 0 Å². The first-order valence-electron chi connectivity index (χ1n) is 5.76. The molecule has 0 amide bonds. The summed E-state index contributed by atoms with van der Waals surface area (Å²) in [4.78, 5) is 11.5. The van der Waals surface area contributed by atoms with E-state index in [0.717, 1.165) is 5.56 Å². The minimum Gasteiger partial charge on any atom is -0.479 e. The number of ether oxygens (including phenoxy) is 1. The molecule has 2 rings (SSSR count). The van der Waals surface area contributed by atoms with Crippen molar-refractivity contribution in [3.8, 4) is 0 Å². The summed E-state index contributed by atoms with van der Waals surface area (Å²) in [5.74, 6) is -1.33. The normalized spacial score (nSPS) is 23.2. The fraction of sp³-hybridized carbons (Fsp3) is 0.462. The van der Waals surface area contributed by atoms with Crippen LogP contribution in [0.5, 0.6) is 0 Å². The standard InChI is InChI=1S/C13H15FO3/c1-2-17-13(12(15)16)7-3-4-9-8-10(14)5-6-11(9)13/h5-6,8H,2-4,7H2,1H3,(H,15,16). The number of halogens is 1. The lowest BCUT2D eigenvalue weighted by Gasteiger charge is -2.35. The van der Waals surface area contributed by atoms with Gasteiger partial charge < -0.3 is 9.84 Å². The van der Waals surface area contributed by atoms with Crippen LogP contribution in [-0.4, -0.2) is 17.7 Å². The monoisotopic (exact) mass is 238 g/mol. The number of carboxylic acids is 1. The molecule has 0 saturated heterocycles. The number of carboxylic acid groups (broad SMARTS) is 1. The van der Waals surface area contributed by atoms with E-state index in [2.05, 4.69) is 0 Å². The quantitative estimate of drug-likeness (QED) is 0.880. The molecule has 4 heteroatoms. The molecule has 1 aromatic rings. The maximum atomic E-state index is 13.1. The predicted molar refractivity (Wildman–Crippen MR) is 60.3 cm³/mol. The molecular weight excluding hydrogens is 223 g/mol. The Morgan fingerprint density at radius 3 is 3.00 bits per heavy atom. The molecule has 1 aromatic carbocycles. The topological polar surface area (TPSA) is 46.5 Å². The number of fused-ring (bicyclic) bond motifs is 1. The zero-order valence-electron chi connectivity index (χ0n) is 9.70. The van der Waals surface area contributed by atoms with Crippen molar-refractivity contribution < 1.29 is 19.0 Å². The molecule has 0 saturated carbocycles. The number of carbonyl (C=O) groups is 1. The largest absolute Gasteiger partial charge is 0.479 e. The van der Waals surface area contributed by atoms with Gasteiger partial charge in [0.25, 0.3) is 0 Å². The van der Waals surface area contributed by atoms with E-state index in [4.69, 9.17) is 4.74 Å². The van der Waals surface area contributed by atoms with Crippen LogP contribution in [0, 0.1) is 5.82 Å². The molecule has 0 aromatic heterocycles. The number of rotatable bonds is 3. The number of benzene rings is 1. The van der Waals surface area contributed by atoms with Crippen molar-refractivity contribution in [3.05, 3.63) is 35.1 Å². The Morgan fingerprint density at radius 1 is 1.59 bits per heavy atom. The minimum absolute atomic E-state index is 0.323. The Balaban J connectivity index is 2.54. The lowest BCUT2D eigenvalue weighted by atomic mass is 9.79. The van der Waals surface area contributed by atoms with E-state index in [-0.39, 0.29) is 5.82 Å². The minimum atomic E-state index is -1.30. The molecule has 0 aliphatic heterocycles. The van der Waals surface area contributed by atoms with Gasteiger partial charge in [-0.25, -0.2) is 9.18 Å². The van der Waals surface area contributed by atoms with Gasteiger partial charge in [-0.3, -0.25) is 0 Å². The van der Waals surface area contributed by atoms with Gasteiger partial charge in [-0.15, -0.1) is 0 Å². The average Bonchev–Trinajstić information content (AvgIpc) is 2.28. The summed E-state index contributed by atoms with van der Waals surface area (Å²) in [5, 5.41) is 9.42. The highest BCUT2D eigenvalue weighted by Crippen LogP contribution is 2.39. The van der Waals surface area contributed by atoms with Gasteiger partial charge in [0.15, 0.2) is 5.60 Å². The maximum absolute atomic E-state index is 13.1. The molecule has 1 atom stereocenters. The summed E-state index contributed by atoms with van der Waals surface area (Å²) in [6.45, 7) is 2.09. The van der Waals surface area contributed by atoms with Gasteiger partial charge in [0.2, 0.25) is 0 Å². The Labute approximate surface area is 99.2 Å². The Bertz CT molecular complexity index is 444. The zero-order chi connectivity index (χ0) is 12.5. The molecule has 92 valence electrons. The van der Waals surface area contributed by atoms with E-state index < -0.39 is 11.6 Å². The van der Waals surface area contributed by atoms with Crippen molar-refractivity contribution in [3.63, 3.8) is 0 Å². The lowest BCUT2D eigenvalue weighted by Crippen LogP contribution is -2.41. The summed E-state index contributed by atoms with van der Waals surface area (Å²) in [6.07, 6.45) is 1.84. The van der Waals surface area contributed by atoms with Crippen molar-refractivity contribution in [2.75, 3.05) is 6.61 Å². The maximum Gasteiger partial charge on any atom is 0.340 e. The van der Waals surface area contributed by atoms with E-state index in [1.165, 1.54) is 18.2 Å². The van der Waals surface area contributed by atoms with Crippen molar-refractivity contribution in [1.82, 2.24) is 0 Å². The first-order valence-corrected chi connectivity index (χ1v) is 5.76. The average molecular weight is 238 g/mol. The SMILES string of the molecule is CCOC1(C(=O)O)CCCc2cc(F)ccc21. The van der Waals surface area contributed by atoms with E-state index in [1.54, 1.807) is 6.92 Å². The van der Waals surface area contributed by atoms with Gasteiger partial charge >= 0.3 is 5.97 Å². The second kappa shape index (κ2) is 4.45. The summed E-state index contributed by atoms with van der Waals surface area (Å²) < 4.78 is 18.6. The van der Waals surface area contributed by atoms with Crippen LogP contribution in [0.2, 0.25) is 0 Å². The highest BCUT2D eigenvalue weighted by Gasteiger charge is 2.44. The Hall–Kier alpha value is -1.42. The van der Waals surface area contributed by atoms with Crippen LogP contribution in [0.3, 0.4) is 0 Å². The lowest BCUT2D eigenvalue weighted by molar-refractivity contribution is -0.169. The van der Waals surface area contributed by atoms with Crippen molar-refractivity contribution in [2.24, 2.45) is 0 Å². The van der Waals surface area contributed by atoms with Gasteiger partial charge in [0, 0.05) is 6.61 Å². The molecule has 0 bridgehead atoms. The van der Waals surface area contributed by atoms with Crippen LogP contribution in [-0.2, 0) is 21.6 Å². The summed E-state index contributed by atoms with van der Waals surface area (Å²) >= 11 is 0. The fourth-order valence-electron chi connectivity index (χ4n) is 2.51. The molecule has 0 spiro atoms. The van der Waals surface area contributed by atoms with Crippen LogP contribution < -0.4 is 0 Å². The van der Waals surface area contributed by atoms with Crippen molar-refractivity contribution in [2.45, 2.75) is 31.8 Å². The van der Waals surface area contributed by atoms with Crippen molar-refractivity contribution in [1.29, 1.82) is 0 Å². The molecule has 1 N–H and O–H groups in total. The molecular formula is C13H15FO3. The second-order valence-electron chi connectivity index (χ2n) is 4.22. The van der Waals surface area contributed by atoms with E-state index in [1.807, 2.05) is 0 Å². The smallest absolute Gasteiger partial charge is 0.340 e. The molecule has 17 heavy (non-hydrogen) atoms. The van der Waals surface area contributed by atoms with E-state index in [9.17, 15) is 14.3 Å². The summed E-state index contributed by atoms with van der Waals surface area (Å²) in [6, 6.07) is 4.24. The molecule has 0 fully saturated rings. The number of aliphatic carboxylic acids is 1. The first kappa shape index (κ1) is 12.0. The number of hydrogen-bond donors (Lipinski definition) is 1. The van der Waals surface area contributed by atoms with E-state index >= 15 is 0 Å². The molecule has 3 nitrogen and oxygen atoms in total. The van der Waals surface area contributed by atoms with Crippen LogP contribution in [0.15, 0.2) is 18.2 Å². The van der Waals surface area contributed by atoms with Gasteiger partial charge in [-0.1, -0.05) is 6.07 Å². The Kier molecular flexibility index (Phi) is 3.15. The van der Waals surface area contributed by atoms with Gasteiger partial charge in [-0.2, -0.15) is 0 Å². The third-order valence-corrected chi connectivity index (χ3v) is 3.21. The predicted octanol–water partition coefficient (Wildman–Crippen LogP) is 2.48. The molecule has 1 aliphatic rings. The van der Waals surface area contributed by atoms with Gasteiger partial charge in [0.1, 0.15) is 5.82 Å². The second-order valence-corrected chi connectivity index (χ2v) is 4.22. The highest BCUT2D eigenvalue weighted by molar-refractivity contribution is 5.80. The molecule has 0 radical (unpaired) electrons. The molecule has 1 aliphatic carbocycles. The summed E-state index contributed by atoms with van der Waals surface area (Å²) in [5.41, 5.74) is 0.0438. The third-order valence-electron chi connectivity index (χ3n) is 3.21. The van der Waals surface area contributed by atoms with Crippen molar-refractivity contribution >= 4 is 5.97 Å². The number of hydrogen-bond acceptors (Lipinski definition) is 2. The zero-order valence-corrected chi connectivity index (χ0v) is 9.70. The van der Waals surface area contributed by atoms with Crippen LogP contribution in [0.1, 0.15) is 30.9 Å². The first-order chi connectivity index (χ1) is 8.10. The van der Waals surface area contributed by atoms with E-state index in [0.29, 0.717) is 31.4 Å². The van der Waals surface area contributed by atoms with Crippen LogP contribution in [0.25, 0.3) is 0 Å².